The number of benzene rings is 3. The normalized spacial score (nSPS) is 10.5. The summed E-state index contributed by atoms with van der Waals surface area (Å²) in [6, 6.07) is 21.7. The molecule has 0 saturated heterocycles. The summed E-state index contributed by atoms with van der Waals surface area (Å²) >= 11 is 1.76. The van der Waals surface area contributed by atoms with Crippen LogP contribution in [0.4, 0.5) is 5.69 Å². The molecule has 0 aliphatic rings. The summed E-state index contributed by atoms with van der Waals surface area (Å²) in [7, 11) is 0. The molecule has 1 N–H and O–H groups in total. The van der Waals surface area contributed by atoms with E-state index in [0.29, 0.717) is 12.2 Å². The Morgan fingerprint density at radius 1 is 0.929 bits per heavy atom. The number of aryl methyl sites for hydroxylation is 3. The van der Waals surface area contributed by atoms with E-state index in [0.717, 1.165) is 28.3 Å². The van der Waals surface area contributed by atoms with E-state index < -0.39 is 0 Å². The van der Waals surface area contributed by atoms with E-state index in [9.17, 15) is 4.79 Å². The molecule has 0 bridgehead atoms. The number of ether oxygens (including phenoxy) is 1. The minimum Gasteiger partial charge on any atom is -0.493 e. The van der Waals surface area contributed by atoms with E-state index in [-0.39, 0.29) is 5.91 Å². The minimum atomic E-state index is -0.110. The van der Waals surface area contributed by atoms with Crippen molar-refractivity contribution in [2.45, 2.75) is 25.7 Å². The Balaban J connectivity index is 1.53. The molecule has 3 aromatic carbocycles. The number of carbonyl (C=O) groups excluding carboxylic acids is 1. The van der Waals surface area contributed by atoms with Gasteiger partial charge in [0.2, 0.25) is 0 Å². The van der Waals surface area contributed by atoms with Crippen molar-refractivity contribution in [2.75, 3.05) is 17.7 Å². The first-order valence-electron chi connectivity index (χ1n) is 9.33. The maximum absolute atomic E-state index is 12.6. The summed E-state index contributed by atoms with van der Waals surface area (Å²) in [5, 5.41) is 3.03. The average molecular weight is 392 g/mol. The van der Waals surface area contributed by atoms with Crippen molar-refractivity contribution >= 4 is 23.4 Å². The molecule has 0 atom stereocenters. The fourth-order valence-electron chi connectivity index (χ4n) is 3.10. The van der Waals surface area contributed by atoms with Crippen molar-refractivity contribution in [3.63, 3.8) is 0 Å². The third kappa shape index (κ3) is 5.40. The molecule has 0 aromatic heterocycles. The van der Waals surface area contributed by atoms with Gasteiger partial charge in [0.15, 0.2) is 0 Å². The van der Waals surface area contributed by atoms with E-state index in [1.54, 1.807) is 23.9 Å². The average Bonchev–Trinajstić information content (AvgIpc) is 2.69. The predicted molar refractivity (Wildman–Crippen MR) is 118 cm³/mol. The summed E-state index contributed by atoms with van der Waals surface area (Å²) in [6.45, 7) is 6.70. The standard InChI is InChI=1S/C24H25NO2S/c1-17-15-18(2)23(19(3)16-17)25-24(26)20-9-11-21(12-10-20)27-13-14-28-22-7-5-4-6-8-22/h4-12,15-16H,13-14H2,1-3H3,(H,25,26). The van der Waals surface area contributed by atoms with Crippen LogP contribution in [-0.4, -0.2) is 18.3 Å². The summed E-state index contributed by atoms with van der Waals surface area (Å²) in [6.07, 6.45) is 0. The zero-order valence-electron chi connectivity index (χ0n) is 16.5. The second-order valence-electron chi connectivity index (χ2n) is 6.76. The van der Waals surface area contributed by atoms with Gasteiger partial charge in [0.05, 0.1) is 6.61 Å². The SMILES string of the molecule is Cc1cc(C)c(NC(=O)c2ccc(OCCSc3ccccc3)cc2)c(C)c1. The number of thioether (sulfide) groups is 1. The first-order valence-corrected chi connectivity index (χ1v) is 10.3. The van der Waals surface area contributed by atoms with E-state index in [1.807, 2.05) is 44.2 Å². The number of anilines is 1. The Morgan fingerprint density at radius 2 is 1.57 bits per heavy atom. The quantitative estimate of drug-likeness (QED) is 0.394. The molecule has 3 aromatic rings. The van der Waals surface area contributed by atoms with Gasteiger partial charge >= 0.3 is 0 Å². The summed E-state index contributed by atoms with van der Waals surface area (Å²) in [5.74, 6) is 1.53. The van der Waals surface area contributed by atoms with Crippen LogP contribution in [0.15, 0.2) is 71.6 Å². The Morgan fingerprint density at radius 3 is 2.21 bits per heavy atom. The molecule has 3 nitrogen and oxygen atoms in total. The highest BCUT2D eigenvalue weighted by Crippen LogP contribution is 2.23. The minimum absolute atomic E-state index is 0.110. The van der Waals surface area contributed by atoms with Crippen LogP contribution < -0.4 is 10.1 Å². The van der Waals surface area contributed by atoms with Gasteiger partial charge in [0.1, 0.15) is 5.75 Å². The first-order chi connectivity index (χ1) is 13.5. The topological polar surface area (TPSA) is 38.3 Å². The molecule has 0 spiro atoms. The van der Waals surface area contributed by atoms with Crippen molar-refractivity contribution in [1.29, 1.82) is 0 Å². The van der Waals surface area contributed by atoms with Crippen LogP contribution in [0.2, 0.25) is 0 Å². The lowest BCUT2D eigenvalue weighted by atomic mass is 10.0. The fourth-order valence-corrected chi connectivity index (χ4v) is 3.85. The smallest absolute Gasteiger partial charge is 0.255 e. The molecule has 0 heterocycles. The molecule has 0 aliphatic carbocycles. The molecule has 28 heavy (non-hydrogen) atoms. The van der Waals surface area contributed by atoms with Crippen LogP contribution in [0, 0.1) is 20.8 Å². The fraction of sp³-hybridized carbons (Fsp3) is 0.208. The highest BCUT2D eigenvalue weighted by Gasteiger charge is 2.10. The van der Waals surface area contributed by atoms with Crippen molar-refractivity contribution in [3.05, 3.63) is 89.0 Å². The van der Waals surface area contributed by atoms with Crippen molar-refractivity contribution in [3.8, 4) is 5.75 Å². The molecular formula is C24H25NO2S. The van der Waals surface area contributed by atoms with Crippen molar-refractivity contribution in [1.82, 2.24) is 0 Å². The number of nitrogens with one attached hydrogen (secondary N) is 1. The van der Waals surface area contributed by atoms with Gasteiger partial charge in [0, 0.05) is 21.9 Å². The molecule has 0 fully saturated rings. The molecule has 0 aliphatic heterocycles. The predicted octanol–water partition coefficient (Wildman–Crippen LogP) is 6.04. The Kier molecular flexibility index (Phi) is 6.77. The number of hydrogen-bond donors (Lipinski definition) is 1. The highest BCUT2D eigenvalue weighted by atomic mass is 32.2. The number of amides is 1. The van der Waals surface area contributed by atoms with Crippen LogP contribution in [0.25, 0.3) is 0 Å². The lowest BCUT2D eigenvalue weighted by Gasteiger charge is -2.13. The monoisotopic (exact) mass is 391 g/mol. The molecular weight excluding hydrogens is 366 g/mol. The summed E-state index contributed by atoms with van der Waals surface area (Å²) in [5.41, 5.74) is 4.84. The highest BCUT2D eigenvalue weighted by molar-refractivity contribution is 7.99. The summed E-state index contributed by atoms with van der Waals surface area (Å²) < 4.78 is 5.78. The molecule has 144 valence electrons. The van der Waals surface area contributed by atoms with E-state index in [2.05, 4.69) is 36.5 Å². The maximum atomic E-state index is 12.6. The zero-order chi connectivity index (χ0) is 19.9. The molecule has 0 radical (unpaired) electrons. The van der Waals surface area contributed by atoms with Crippen molar-refractivity contribution in [2.24, 2.45) is 0 Å². The lowest BCUT2D eigenvalue weighted by Crippen LogP contribution is -2.14. The van der Waals surface area contributed by atoms with E-state index >= 15 is 0 Å². The third-order valence-electron chi connectivity index (χ3n) is 4.40. The first kappa shape index (κ1) is 20.0. The van der Waals surface area contributed by atoms with Crippen molar-refractivity contribution < 1.29 is 9.53 Å². The zero-order valence-corrected chi connectivity index (χ0v) is 17.3. The van der Waals surface area contributed by atoms with Gasteiger partial charge in [-0.05, 0) is 68.3 Å². The van der Waals surface area contributed by atoms with E-state index in [4.69, 9.17) is 4.74 Å². The molecule has 1 amide bonds. The Hall–Kier alpha value is -2.72. The van der Waals surface area contributed by atoms with Crippen LogP contribution in [0.5, 0.6) is 5.75 Å². The Bertz CT molecular complexity index is 914. The second kappa shape index (κ2) is 9.47. The second-order valence-corrected chi connectivity index (χ2v) is 7.93. The number of carbonyl (C=O) groups is 1. The largest absolute Gasteiger partial charge is 0.493 e. The summed E-state index contributed by atoms with van der Waals surface area (Å²) in [4.78, 5) is 13.8. The molecule has 0 unspecified atom stereocenters. The van der Waals surface area contributed by atoms with Gasteiger partial charge in [-0.3, -0.25) is 4.79 Å². The van der Waals surface area contributed by atoms with E-state index in [1.165, 1.54) is 10.5 Å². The molecule has 0 saturated carbocycles. The molecule has 3 rings (SSSR count). The van der Waals surface area contributed by atoms with Crippen LogP contribution in [0.3, 0.4) is 0 Å². The third-order valence-corrected chi connectivity index (χ3v) is 5.37. The van der Waals surface area contributed by atoms with Crippen LogP contribution in [0.1, 0.15) is 27.0 Å². The van der Waals surface area contributed by atoms with Gasteiger partial charge in [-0.1, -0.05) is 35.9 Å². The van der Waals surface area contributed by atoms with Gasteiger partial charge in [-0.25, -0.2) is 0 Å². The van der Waals surface area contributed by atoms with Gasteiger partial charge in [-0.2, -0.15) is 0 Å². The number of rotatable bonds is 7. The molecule has 4 heteroatoms. The van der Waals surface area contributed by atoms with Gasteiger partial charge < -0.3 is 10.1 Å². The maximum Gasteiger partial charge on any atom is 0.255 e. The Labute approximate surface area is 171 Å². The van der Waals surface area contributed by atoms with Gasteiger partial charge in [-0.15, -0.1) is 11.8 Å². The number of hydrogen-bond acceptors (Lipinski definition) is 3. The van der Waals surface area contributed by atoms with Crippen LogP contribution in [-0.2, 0) is 0 Å². The van der Waals surface area contributed by atoms with Crippen LogP contribution >= 0.6 is 11.8 Å². The lowest BCUT2D eigenvalue weighted by molar-refractivity contribution is 0.102. The van der Waals surface area contributed by atoms with Gasteiger partial charge in [0.25, 0.3) is 5.91 Å².